The summed E-state index contributed by atoms with van der Waals surface area (Å²) < 4.78 is 34.5. The second kappa shape index (κ2) is 56.2. The summed E-state index contributed by atoms with van der Waals surface area (Å²) in [5, 5.41) is 0. The maximum atomic E-state index is 12.8. The average molecular weight is 1070 g/mol. The number of phosphoric acid groups is 1. The summed E-state index contributed by atoms with van der Waals surface area (Å²) in [5.74, 6) is -0.798. The number of unbranched alkanes of at least 4 members (excludes halogenated alkanes) is 31. The summed E-state index contributed by atoms with van der Waals surface area (Å²) in [6.07, 6.45) is 74.3. The Bertz CT molecular complexity index is 1500. The zero-order valence-corrected chi connectivity index (χ0v) is 50.4. The van der Waals surface area contributed by atoms with Gasteiger partial charge in [0.1, 0.15) is 19.8 Å². The van der Waals surface area contributed by atoms with Gasteiger partial charge in [-0.2, -0.15) is 0 Å². The molecule has 0 rings (SSSR count). The standard InChI is InChI=1S/C65H118NO8P/c1-6-8-10-12-14-16-18-20-22-23-24-25-26-27-28-29-30-31-32-33-34-35-36-37-38-39-40-41-42-43-44-46-48-50-52-54-56-58-65(68)74-63(62-73-75(69,70)72-60-59-66(3,4)5)61-71-64(67)57-55-53-51-49-47-45-21-19-17-15-13-11-9-7-2/h8,10,14,16,19-22,24-25,27-28,63H,6-7,9,11-13,15,17-18,23,26,29-62H2,1-5H3/p+1/b10-8-,16-14-,21-19-,22-20-,25-24-,28-27-. The quantitative estimate of drug-likeness (QED) is 0.0211. The minimum atomic E-state index is -4.39. The van der Waals surface area contributed by atoms with Crippen LogP contribution in [0.5, 0.6) is 0 Å². The van der Waals surface area contributed by atoms with E-state index in [1.54, 1.807) is 0 Å². The molecule has 0 aliphatic rings. The van der Waals surface area contributed by atoms with Crippen LogP contribution in [0.3, 0.4) is 0 Å². The van der Waals surface area contributed by atoms with Gasteiger partial charge in [-0.05, 0) is 83.5 Å². The highest BCUT2D eigenvalue weighted by Gasteiger charge is 2.27. The van der Waals surface area contributed by atoms with Crippen LogP contribution in [0.2, 0.25) is 0 Å². The van der Waals surface area contributed by atoms with Gasteiger partial charge in [0.05, 0.1) is 27.7 Å². The lowest BCUT2D eigenvalue weighted by molar-refractivity contribution is -0.870. The number of quaternary nitrogens is 1. The molecule has 9 nitrogen and oxygen atoms in total. The van der Waals surface area contributed by atoms with Crippen molar-refractivity contribution in [3.05, 3.63) is 72.9 Å². The molecule has 0 fully saturated rings. The molecule has 2 atom stereocenters. The number of hydrogen-bond acceptors (Lipinski definition) is 7. The van der Waals surface area contributed by atoms with Crippen LogP contribution in [0.15, 0.2) is 72.9 Å². The van der Waals surface area contributed by atoms with Gasteiger partial charge in [0.15, 0.2) is 6.10 Å². The van der Waals surface area contributed by atoms with E-state index in [0.717, 1.165) is 83.5 Å². The molecule has 0 bridgehead atoms. The number of likely N-dealkylation sites (N-methyl/N-ethyl adjacent to an activating group) is 1. The third-order valence-electron chi connectivity index (χ3n) is 13.5. The van der Waals surface area contributed by atoms with Gasteiger partial charge < -0.3 is 18.9 Å². The van der Waals surface area contributed by atoms with E-state index in [9.17, 15) is 19.0 Å². The minimum Gasteiger partial charge on any atom is -0.462 e. The second-order valence-corrected chi connectivity index (χ2v) is 23.5. The number of phosphoric ester groups is 1. The maximum Gasteiger partial charge on any atom is 0.472 e. The van der Waals surface area contributed by atoms with E-state index in [1.165, 1.54) is 161 Å². The fourth-order valence-electron chi connectivity index (χ4n) is 8.69. The van der Waals surface area contributed by atoms with E-state index < -0.39 is 26.5 Å². The first-order valence-electron chi connectivity index (χ1n) is 31.2. The van der Waals surface area contributed by atoms with Crippen molar-refractivity contribution in [3.63, 3.8) is 0 Å². The molecule has 75 heavy (non-hydrogen) atoms. The highest BCUT2D eigenvalue weighted by atomic mass is 31.2. The van der Waals surface area contributed by atoms with Gasteiger partial charge in [0.2, 0.25) is 0 Å². The average Bonchev–Trinajstić information content (AvgIpc) is 3.37. The Labute approximate surface area is 463 Å². The summed E-state index contributed by atoms with van der Waals surface area (Å²) in [6.45, 7) is 4.32. The van der Waals surface area contributed by atoms with Crippen molar-refractivity contribution in [3.8, 4) is 0 Å². The van der Waals surface area contributed by atoms with Gasteiger partial charge in [-0.15, -0.1) is 0 Å². The zero-order chi connectivity index (χ0) is 54.9. The highest BCUT2D eigenvalue weighted by Crippen LogP contribution is 2.43. The van der Waals surface area contributed by atoms with Crippen molar-refractivity contribution in [2.45, 2.75) is 283 Å². The molecule has 0 aromatic rings. The van der Waals surface area contributed by atoms with Crippen molar-refractivity contribution in [1.82, 2.24) is 0 Å². The van der Waals surface area contributed by atoms with Crippen molar-refractivity contribution in [2.24, 2.45) is 0 Å². The van der Waals surface area contributed by atoms with E-state index in [4.69, 9.17) is 18.5 Å². The zero-order valence-electron chi connectivity index (χ0n) is 49.5. The minimum absolute atomic E-state index is 0.0306. The number of allylic oxidation sites excluding steroid dienone is 12. The van der Waals surface area contributed by atoms with E-state index in [1.807, 2.05) is 21.1 Å². The summed E-state index contributed by atoms with van der Waals surface area (Å²) >= 11 is 0. The first-order chi connectivity index (χ1) is 36.5. The van der Waals surface area contributed by atoms with Crippen LogP contribution in [0, 0.1) is 0 Å². The molecular weight excluding hydrogens is 954 g/mol. The van der Waals surface area contributed by atoms with Crippen LogP contribution in [0.1, 0.15) is 277 Å². The van der Waals surface area contributed by atoms with Crippen LogP contribution < -0.4 is 0 Å². The van der Waals surface area contributed by atoms with Gasteiger partial charge >= 0.3 is 19.8 Å². The topological polar surface area (TPSA) is 108 Å². The summed E-state index contributed by atoms with van der Waals surface area (Å²) in [6, 6.07) is 0. The van der Waals surface area contributed by atoms with E-state index in [2.05, 4.69) is 86.8 Å². The molecule has 1 N–H and O–H groups in total. The largest absolute Gasteiger partial charge is 0.472 e. The Morgan fingerprint density at radius 1 is 0.427 bits per heavy atom. The van der Waals surface area contributed by atoms with Crippen LogP contribution >= 0.6 is 7.82 Å². The Morgan fingerprint density at radius 2 is 0.760 bits per heavy atom. The van der Waals surface area contributed by atoms with Crippen molar-refractivity contribution in [1.29, 1.82) is 0 Å². The Hall–Kier alpha value is -2.55. The lowest BCUT2D eigenvalue weighted by atomic mass is 10.0. The fraction of sp³-hybridized carbons (Fsp3) is 0.785. The number of carbonyl (C=O) groups excluding carboxylic acids is 2. The van der Waals surface area contributed by atoms with Crippen LogP contribution in [0.4, 0.5) is 0 Å². The normalized spacial score (nSPS) is 13.7. The SMILES string of the molecule is CC/C=C\C/C=C\C/C=C\C/C=C\C/C=C\CCCCCCCCCCCCCCCCCCCCCCCC(=O)OC(COC(=O)CCCCCCC/C=C\CCCCCCC)COP(=O)(O)OCC[N+](C)(C)C. The molecule has 0 heterocycles. The van der Waals surface area contributed by atoms with Gasteiger partial charge in [-0.25, -0.2) is 4.57 Å². The Kier molecular flexibility index (Phi) is 54.3. The predicted molar refractivity (Wildman–Crippen MR) is 321 cm³/mol. The third kappa shape index (κ3) is 60.5. The molecule has 0 spiro atoms. The summed E-state index contributed by atoms with van der Waals surface area (Å²) in [5.41, 5.74) is 0. The third-order valence-corrected chi connectivity index (χ3v) is 14.5. The second-order valence-electron chi connectivity index (χ2n) is 22.1. The molecule has 0 aliphatic carbocycles. The fourth-order valence-corrected chi connectivity index (χ4v) is 9.43. The molecule has 2 unspecified atom stereocenters. The van der Waals surface area contributed by atoms with Crippen LogP contribution in [-0.2, 0) is 32.7 Å². The highest BCUT2D eigenvalue weighted by molar-refractivity contribution is 7.47. The van der Waals surface area contributed by atoms with Crippen LogP contribution in [-0.4, -0.2) is 74.9 Å². The van der Waals surface area contributed by atoms with Crippen molar-refractivity contribution >= 4 is 19.8 Å². The van der Waals surface area contributed by atoms with Gasteiger partial charge in [-0.3, -0.25) is 18.6 Å². The first kappa shape index (κ1) is 72.5. The molecule has 0 radical (unpaired) electrons. The van der Waals surface area contributed by atoms with Gasteiger partial charge in [0, 0.05) is 12.8 Å². The van der Waals surface area contributed by atoms with Crippen LogP contribution in [0.25, 0.3) is 0 Å². The number of esters is 2. The number of nitrogens with zero attached hydrogens (tertiary/aromatic N) is 1. The smallest absolute Gasteiger partial charge is 0.462 e. The van der Waals surface area contributed by atoms with Gasteiger partial charge in [0.25, 0.3) is 0 Å². The van der Waals surface area contributed by atoms with E-state index in [0.29, 0.717) is 17.4 Å². The molecule has 0 aromatic carbocycles. The Balaban J connectivity index is 3.95. The lowest BCUT2D eigenvalue weighted by Crippen LogP contribution is -2.37. The van der Waals surface area contributed by atoms with Crippen molar-refractivity contribution < 1.29 is 42.1 Å². The summed E-state index contributed by atoms with van der Waals surface area (Å²) in [4.78, 5) is 35.6. The van der Waals surface area contributed by atoms with E-state index in [-0.39, 0.29) is 32.0 Å². The molecule has 10 heteroatoms. The molecule has 436 valence electrons. The lowest BCUT2D eigenvalue weighted by Gasteiger charge is -2.24. The number of hydrogen-bond donors (Lipinski definition) is 1. The number of rotatable bonds is 57. The number of carbonyl (C=O) groups is 2. The van der Waals surface area contributed by atoms with E-state index >= 15 is 0 Å². The predicted octanol–water partition coefficient (Wildman–Crippen LogP) is 19.7. The van der Waals surface area contributed by atoms with Gasteiger partial charge in [-0.1, -0.05) is 254 Å². The summed E-state index contributed by atoms with van der Waals surface area (Å²) in [7, 11) is 1.48. The van der Waals surface area contributed by atoms with Crippen molar-refractivity contribution in [2.75, 3.05) is 47.5 Å². The first-order valence-corrected chi connectivity index (χ1v) is 32.7. The molecule has 0 aromatic heterocycles. The maximum absolute atomic E-state index is 12.8. The monoisotopic (exact) mass is 1070 g/mol. The molecule has 0 saturated heterocycles. The molecular formula is C65H119NO8P+. The molecule has 0 saturated carbocycles. The number of ether oxygens (including phenoxy) is 2. The molecule has 0 aliphatic heterocycles. The molecule has 0 amide bonds. The Morgan fingerprint density at radius 3 is 1.15 bits per heavy atom.